The van der Waals surface area contributed by atoms with Crippen molar-refractivity contribution in [1.29, 1.82) is 0 Å². The van der Waals surface area contributed by atoms with E-state index in [1.807, 2.05) is 20.8 Å². The zero-order valence-electron chi connectivity index (χ0n) is 19.3. The molecule has 4 aliphatic carbocycles. The van der Waals surface area contributed by atoms with Crippen LogP contribution in [-0.4, -0.2) is 57.0 Å². The lowest BCUT2D eigenvalue weighted by Gasteiger charge is -2.62. The monoisotopic (exact) mass is 447 g/mol. The number of alkyl halides is 1. The van der Waals surface area contributed by atoms with Gasteiger partial charge in [-0.15, -0.1) is 0 Å². The molecule has 2 N–H and O–H groups in total. The average Bonchev–Trinajstić information content (AvgIpc) is 3.23. The number of aliphatic hydroxyl groups excluding tert-OH is 1. The molecule has 32 heavy (non-hydrogen) atoms. The minimum absolute atomic E-state index is 0.0203. The Kier molecular flexibility index (Phi) is 4.68. The SMILES string of the molecule is CCC(C)N1C[C@@H]2C[C@H]3[C@@H]4CCC5=CC(=O)C=C[C@]5(C)[C@@]4(F)[C@@H](O)C[C@]3(C)[C@]2(C(=O)O)O1. The highest BCUT2D eigenvalue weighted by molar-refractivity contribution is 6.01. The summed E-state index contributed by atoms with van der Waals surface area (Å²) in [6, 6.07) is 0.0823. The van der Waals surface area contributed by atoms with E-state index in [0.29, 0.717) is 25.8 Å². The van der Waals surface area contributed by atoms with Crippen molar-refractivity contribution in [2.45, 2.75) is 83.2 Å². The predicted molar refractivity (Wildman–Crippen MR) is 115 cm³/mol. The Morgan fingerprint density at radius 1 is 1.38 bits per heavy atom. The molecule has 3 saturated carbocycles. The van der Waals surface area contributed by atoms with Crippen LogP contribution in [0.4, 0.5) is 4.39 Å². The van der Waals surface area contributed by atoms with Crippen molar-refractivity contribution in [2.24, 2.45) is 28.6 Å². The lowest BCUT2D eigenvalue weighted by atomic mass is 9.45. The van der Waals surface area contributed by atoms with Crippen molar-refractivity contribution in [3.05, 3.63) is 23.8 Å². The molecule has 1 unspecified atom stereocenters. The molecular formula is C25H34FNO5. The molecule has 0 spiro atoms. The summed E-state index contributed by atoms with van der Waals surface area (Å²) >= 11 is 0. The van der Waals surface area contributed by atoms with Gasteiger partial charge >= 0.3 is 5.97 Å². The van der Waals surface area contributed by atoms with Gasteiger partial charge in [-0.05, 0) is 64.0 Å². The quantitative estimate of drug-likeness (QED) is 0.689. The van der Waals surface area contributed by atoms with Crippen LogP contribution in [0.15, 0.2) is 23.8 Å². The van der Waals surface area contributed by atoms with Crippen LogP contribution in [0, 0.1) is 28.6 Å². The van der Waals surface area contributed by atoms with E-state index in [-0.39, 0.29) is 30.1 Å². The van der Waals surface area contributed by atoms with Crippen LogP contribution in [0.2, 0.25) is 0 Å². The van der Waals surface area contributed by atoms with Gasteiger partial charge in [-0.3, -0.25) is 9.63 Å². The number of carbonyl (C=O) groups is 2. The van der Waals surface area contributed by atoms with Crippen molar-refractivity contribution in [3.8, 4) is 0 Å². The molecular weight excluding hydrogens is 413 g/mol. The number of hydrogen-bond acceptors (Lipinski definition) is 5. The van der Waals surface area contributed by atoms with Crippen molar-refractivity contribution in [2.75, 3.05) is 6.54 Å². The molecule has 0 aromatic carbocycles. The molecule has 6 nitrogen and oxygen atoms in total. The number of aliphatic hydroxyl groups is 1. The fourth-order valence-corrected chi connectivity index (χ4v) is 8.11. The van der Waals surface area contributed by atoms with Crippen molar-refractivity contribution in [1.82, 2.24) is 5.06 Å². The topological polar surface area (TPSA) is 87.1 Å². The average molecular weight is 448 g/mol. The Bertz CT molecular complexity index is 933. The minimum Gasteiger partial charge on any atom is -0.479 e. The largest absolute Gasteiger partial charge is 0.479 e. The number of rotatable bonds is 3. The highest BCUT2D eigenvalue weighted by Gasteiger charge is 2.79. The molecule has 176 valence electrons. The van der Waals surface area contributed by atoms with Gasteiger partial charge in [-0.2, -0.15) is 5.06 Å². The number of allylic oxidation sites excluding steroid dienone is 4. The second-order valence-corrected chi connectivity index (χ2v) is 11.2. The van der Waals surface area contributed by atoms with Crippen LogP contribution in [0.1, 0.15) is 59.8 Å². The summed E-state index contributed by atoms with van der Waals surface area (Å²) in [6.07, 6.45) is 5.70. The van der Waals surface area contributed by atoms with E-state index in [0.717, 1.165) is 12.0 Å². The Morgan fingerprint density at radius 2 is 2.09 bits per heavy atom. The number of carboxylic acid groups (broad SMARTS) is 1. The number of aliphatic carboxylic acids is 1. The standard InChI is InChI=1S/C25H34FNO5/c1-5-14(2)27-13-16-11-19-18-7-6-15-10-17(28)8-9-22(15,3)24(18,26)20(29)12-23(19,4)25(16,32-27)21(30)31/h8-10,14,16,18-20,29H,5-7,11-13H2,1-4H3,(H,30,31)/t14?,16-,18-,19-,20-,22-,23-,24-,25-/m0/s1. The van der Waals surface area contributed by atoms with Gasteiger partial charge in [0.05, 0.1) is 6.10 Å². The number of nitrogens with zero attached hydrogens (tertiary/aromatic N) is 1. The number of halogens is 1. The molecule has 0 aromatic rings. The maximum atomic E-state index is 17.2. The summed E-state index contributed by atoms with van der Waals surface area (Å²) in [5.41, 5.74) is -4.64. The molecule has 1 heterocycles. The highest BCUT2D eigenvalue weighted by Crippen LogP contribution is 2.72. The number of ketones is 1. The first-order valence-electron chi connectivity index (χ1n) is 12.0. The Balaban J connectivity index is 1.59. The first-order valence-corrected chi connectivity index (χ1v) is 12.0. The number of fused-ring (bicyclic) bond motifs is 7. The zero-order valence-corrected chi connectivity index (χ0v) is 19.3. The molecule has 5 rings (SSSR count). The van der Waals surface area contributed by atoms with Crippen LogP contribution < -0.4 is 0 Å². The molecule has 7 heteroatoms. The maximum absolute atomic E-state index is 17.2. The van der Waals surface area contributed by atoms with Gasteiger partial charge in [0.2, 0.25) is 0 Å². The Hall–Kier alpha value is -1.57. The minimum atomic E-state index is -1.95. The number of carboxylic acids is 1. The number of hydrogen-bond donors (Lipinski definition) is 2. The van der Waals surface area contributed by atoms with E-state index in [1.165, 1.54) is 12.2 Å². The first-order chi connectivity index (χ1) is 15.0. The lowest BCUT2D eigenvalue weighted by Crippen LogP contribution is -2.69. The Labute approximate surface area is 188 Å². The molecule has 5 aliphatic rings. The predicted octanol–water partition coefficient (Wildman–Crippen LogP) is 3.45. The van der Waals surface area contributed by atoms with Crippen LogP contribution in [0.5, 0.6) is 0 Å². The second kappa shape index (κ2) is 6.73. The normalized spacial score (nSPS) is 50.8. The summed E-state index contributed by atoms with van der Waals surface area (Å²) in [5, 5.41) is 23.7. The molecule has 0 amide bonds. The third kappa shape index (κ3) is 2.35. The third-order valence-electron chi connectivity index (χ3n) is 10.1. The van der Waals surface area contributed by atoms with E-state index in [1.54, 1.807) is 18.1 Å². The van der Waals surface area contributed by atoms with Gasteiger partial charge < -0.3 is 10.2 Å². The smallest absolute Gasteiger partial charge is 0.339 e. The number of hydroxylamine groups is 2. The summed E-state index contributed by atoms with van der Waals surface area (Å²) < 4.78 is 17.2. The van der Waals surface area contributed by atoms with Crippen LogP contribution in [-0.2, 0) is 14.4 Å². The molecule has 9 atom stereocenters. The molecule has 4 fully saturated rings. The van der Waals surface area contributed by atoms with E-state index < -0.39 is 40.1 Å². The number of carbonyl (C=O) groups excluding carboxylic acids is 1. The molecule has 0 bridgehead atoms. The molecule has 1 aliphatic heterocycles. The van der Waals surface area contributed by atoms with Gasteiger partial charge in [0, 0.05) is 35.3 Å². The fraction of sp³-hybridized carbons (Fsp3) is 0.760. The molecule has 1 saturated heterocycles. The van der Waals surface area contributed by atoms with Gasteiger partial charge in [-0.25, -0.2) is 9.18 Å². The third-order valence-corrected chi connectivity index (χ3v) is 10.1. The molecule has 0 radical (unpaired) electrons. The van der Waals surface area contributed by atoms with Gasteiger partial charge in [-0.1, -0.05) is 25.5 Å². The fourth-order valence-electron chi connectivity index (χ4n) is 8.11. The van der Waals surface area contributed by atoms with E-state index >= 15 is 4.39 Å². The Morgan fingerprint density at radius 3 is 2.75 bits per heavy atom. The van der Waals surface area contributed by atoms with Crippen LogP contribution >= 0.6 is 0 Å². The first kappa shape index (κ1) is 22.2. The molecule has 0 aromatic heterocycles. The van der Waals surface area contributed by atoms with Gasteiger partial charge in [0.1, 0.15) is 0 Å². The van der Waals surface area contributed by atoms with E-state index in [9.17, 15) is 19.8 Å². The summed E-state index contributed by atoms with van der Waals surface area (Å²) in [5.74, 6) is -2.14. The van der Waals surface area contributed by atoms with E-state index in [2.05, 4.69) is 0 Å². The summed E-state index contributed by atoms with van der Waals surface area (Å²) in [7, 11) is 0. The van der Waals surface area contributed by atoms with Gasteiger partial charge in [0.25, 0.3) is 0 Å². The van der Waals surface area contributed by atoms with Crippen LogP contribution in [0.25, 0.3) is 0 Å². The zero-order chi connectivity index (χ0) is 23.3. The van der Waals surface area contributed by atoms with Crippen LogP contribution in [0.3, 0.4) is 0 Å². The lowest BCUT2D eigenvalue weighted by molar-refractivity contribution is -0.279. The van der Waals surface area contributed by atoms with Crippen molar-refractivity contribution in [3.63, 3.8) is 0 Å². The summed E-state index contributed by atoms with van der Waals surface area (Å²) in [6.45, 7) is 8.24. The maximum Gasteiger partial charge on any atom is 0.339 e. The second-order valence-electron chi connectivity index (χ2n) is 11.2. The summed E-state index contributed by atoms with van der Waals surface area (Å²) in [4.78, 5) is 31.1. The van der Waals surface area contributed by atoms with Gasteiger partial charge in [0.15, 0.2) is 17.1 Å². The van der Waals surface area contributed by atoms with Crippen molar-refractivity contribution < 1.29 is 29.0 Å². The van der Waals surface area contributed by atoms with E-state index in [4.69, 9.17) is 4.84 Å². The highest BCUT2D eigenvalue weighted by atomic mass is 19.1. The van der Waals surface area contributed by atoms with Crippen molar-refractivity contribution >= 4 is 11.8 Å².